The lowest BCUT2D eigenvalue weighted by Gasteiger charge is -2.11. The first kappa shape index (κ1) is 10.2. The highest BCUT2D eigenvalue weighted by molar-refractivity contribution is 5.46. The van der Waals surface area contributed by atoms with Crippen molar-refractivity contribution in [3.63, 3.8) is 0 Å². The smallest absolute Gasteiger partial charge is 0.131 e. The summed E-state index contributed by atoms with van der Waals surface area (Å²) in [6.45, 7) is 6.25. The summed E-state index contributed by atoms with van der Waals surface area (Å²) in [4.78, 5) is 8.32. The van der Waals surface area contributed by atoms with Gasteiger partial charge >= 0.3 is 0 Å². The average molecular weight is 206 g/mol. The van der Waals surface area contributed by atoms with Crippen LogP contribution in [0, 0.1) is 5.41 Å². The lowest BCUT2D eigenvalue weighted by Crippen LogP contribution is -2.13. The van der Waals surface area contributed by atoms with Gasteiger partial charge in [0.2, 0.25) is 0 Å². The van der Waals surface area contributed by atoms with Crippen LogP contribution in [0.25, 0.3) is 0 Å². The highest BCUT2D eigenvalue weighted by Gasteiger charge is 2.36. The van der Waals surface area contributed by atoms with Gasteiger partial charge in [0.1, 0.15) is 18.0 Å². The molecule has 1 saturated carbocycles. The number of nitrogens with zero attached hydrogens (tertiary/aromatic N) is 2. The second-order valence-corrected chi connectivity index (χ2v) is 4.48. The zero-order valence-corrected chi connectivity index (χ0v) is 9.38. The van der Waals surface area contributed by atoms with Crippen LogP contribution < -0.4 is 10.6 Å². The molecular weight excluding hydrogens is 188 g/mol. The Bertz CT molecular complexity index is 333. The minimum absolute atomic E-state index is 0.503. The van der Waals surface area contributed by atoms with Crippen LogP contribution in [-0.2, 0) is 0 Å². The Kier molecular flexibility index (Phi) is 2.75. The summed E-state index contributed by atoms with van der Waals surface area (Å²) in [6, 6.07) is 1.95. The fourth-order valence-corrected chi connectivity index (χ4v) is 1.43. The van der Waals surface area contributed by atoms with E-state index in [0.29, 0.717) is 5.41 Å². The van der Waals surface area contributed by atoms with E-state index in [1.807, 2.05) is 6.07 Å². The molecule has 0 bridgehead atoms. The molecule has 4 nitrogen and oxygen atoms in total. The first-order valence-electron chi connectivity index (χ1n) is 5.52. The van der Waals surface area contributed by atoms with Crippen molar-refractivity contribution >= 4 is 11.6 Å². The molecule has 1 fully saturated rings. The van der Waals surface area contributed by atoms with Crippen LogP contribution in [0.4, 0.5) is 11.6 Å². The minimum Gasteiger partial charge on any atom is -0.370 e. The Morgan fingerprint density at radius 1 is 1.27 bits per heavy atom. The van der Waals surface area contributed by atoms with E-state index in [1.54, 1.807) is 6.33 Å². The van der Waals surface area contributed by atoms with Gasteiger partial charge in [-0.25, -0.2) is 9.97 Å². The van der Waals surface area contributed by atoms with E-state index in [9.17, 15) is 0 Å². The van der Waals surface area contributed by atoms with Gasteiger partial charge < -0.3 is 10.6 Å². The first-order valence-corrected chi connectivity index (χ1v) is 5.52. The van der Waals surface area contributed by atoms with Crippen molar-refractivity contribution in [2.24, 2.45) is 5.41 Å². The zero-order valence-electron chi connectivity index (χ0n) is 9.38. The van der Waals surface area contributed by atoms with E-state index < -0.39 is 0 Å². The summed E-state index contributed by atoms with van der Waals surface area (Å²) in [5.74, 6) is 1.80. The molecule has 1 aliphatic rings. The van der Waals surface area contributed by atoms with Gasteiger partial charge in [-0.1, -0.05) is 6.92 Å². The van der Waals surface area contributed by atoms with Crippen molar-refractivity contribution in [3.05, 3.63) is 12.4 Å². The van der Waals surface area contributed by atoms with Gasteiger partial charge in [-0.2, -0.15) is 0 Å². The molecule has 0 saturated heterocycles. The third kappa shape index (κ3) is 2.81. The van der Waals surface area contributed by atoms with E-state index in [1.165, 1.54) is 12.8 Å². The number of anilines is 2. The summed E-state index contributed by atoms with van der Waals surface area (Å²) in [7, 11) is 0. The Morgan fingerprint density at radius 2 is 1.93 bits per heavy atom. The summed E-state index contributed by atoms with van der Waals surface area (Å²) in [5.41, 5.74) is 0.503. The van der Waals surface area contributed by atoms with Crippen LogP contribution in [0.15, 0.2) is 12.4 Å². The molecule has 2 rings (SSSR count). The summed E-state index contributed by atoms with van der Waals surface area (Å²) >= 11 is 0. The van der Waals surface area contributed by atoms with Gasteiger partial charge in [0.05, 0.1) is 0 Å². The highest BCUT2D eigenvalue weighted by Crippen LogP contribution is 2.44. The molecule has 0 amide bonds. The monoisotopic (exact) mass is 206 g/mol. The Morgan fingerprint density at radius 3 is 2.53 bits per heavy atom. The van der Waals surface area contributed by atoms with E-state index in [-0.39, 0.29) is 0 Å². The third-order valence-corrected chi connectivity index (χ3v) is 2.82. The molecule has 4 heteroatoms. The SMILES string of the molecule is CCNc1cc(NCC2(C)CC2)ncn1. The molecule has 0 radical (unpaired) electrons. The fourth-order valence-electron chi connectivity index (χ4n) is 1.43. The van der Waals surface area contributed by atoms with Gasteiger partial charge in [0.15, 0.2) is 0 Å². The van der Waals surface area contributed by atoms with Gasteiger partial charge in [-0.3, -0.25) is 0 Å². The van der Waals surface area contributed by atoms with Gasteiger partial charge in [0, 0.05) is 19.2 Å². The molecule has 1 aromatic heterocycles. The van der Waals surface area contributed by atoms with Gasteiger partial charge in [-0.15, -0.1) is 0 Å². The molecule has 2 N–H and O–H groups in total. The van der Waals surface area contributed by atoms with Crippen molar-refractivity contribution in [2.75, 3.05) is 23.7 Å². The largest absolute Gasteiger partial charge is 0.370 e. The second kappa shape index (κ2) is 4.04. The van der Waals surface area contributed by atoms with Crippen LogP contribution in [0.5, 0.6) is 0 Å². The quantitative estimate of drug-likeness (QED) is 0.774. The molecule has 0 unspecified atom stereocenters. The third-order valence-electron chi connectivity index (χ3n) is 2.82. The maximum atomic E-state index is 4.19. The average Bonchev–Trinajstić information content (AvgIpc) is 2.96. The zero-order chi connectivity index (χ0) is 10.7. The number of nitrogens with one attached hydrogen (secondary N) is 2. The lowest BCUT2D eigenvalue weighted by atomic mass is 10.1. The molecule has 1 heterocycles. The van der Waals surface area contributed by atoms with E-state index >= 15 is 0 Å². The van der Waals surface area contributed by atoms with Crippen molar-refractivity contribution in [3.8, 4) is 0 Å². The molecule has 0 aliphatic heterocycles. The van der Waals surface area contributed by atoms with Crippen LogP contribution in [0.2, 0.25) is 0 Å². The van der Waals surface area contributed by atoms with Gasteiger partial charge in [0.25, 0.3) is 0 Å². The molecule has 0 spiro atoms. The molecule has 1 aromatic rings. The van der Waals surface area contributed by atoms with Crippen LogP contribution in [-0.4, -0.2) is 23.1 Å². The number of aromatic nitrogens is 2. The highest BCUT2D eigenvalue weighted by atomic mass is 15.1. The fraction of sp³-hybridized carbons (Fsp3) is 0.636. The Hall–Kier alpha value is -1.32. The molecule has 82 valence electrons. The van der Waals surface area contributed by atoms with E-state index in [0.717, 1.165) is 24.7 Å². The first-order chi connectivity index (χ1) is 7.22. The molecule has 15 heavy (non-hydrogen) atoms. The predicted molar refractivity (Wildman–Crippen MR) is 62.0 cm³/mol. The van der Waals surface area contributed by atoms with Crippen LogP contribution in [0.3, 0.4) is 0 Å². The van der Waals surface area contributed by atoms with Crippen molar-refractivity contribution in [1.29, 1.82) is 0 Å². The standard InChI is InChI=1S/C11H18N4/c1-3-12-9-6-10(15-8-14-9)13-7-11(2)4-5-11/h6,8H,3-5,7H2,1-2H3,(H2,12,13,14,15). The topological polar surface area (TPSA) is 49.8 Å². The number of hydrogen-bond donors (Lipinski definition) is 2. The van der Waals surface area contributed by atoms with E-state index in [4.69, 9.17) is 0 Å². The van der Waals surface area contributed by atoms with Gasteiger partial charge in [-0.05, 0) is 25.2 Å². The van der Waals surface area contributed by atoms with Crippen LogP contribution in [0.1, 0.15) is 26.7 Å². The summed E-state index contributed by atoms with van der Waals surface area (Å²) in [6.07, 6.45) is 4.24. The molecule has 0 aromatic carbocycles. The van der Waals surface area contributed by atoms with Crippen molar-refractivity contribution < 1.29 is 0 Å². The number of rotatable bonds is 5. The molecular formula is C11H18N4. The summed E-state index contributed by atoms with van der Waals surface area (Å²) in [5, 5.41) is 6.52. The predicted octanol–water partition coefficient (Wildman–Crippen LogP) is 2.12. The van der Waals surface area contributed by atoms with Crippen LogP contribution >= 0.6 is 0 Å². The maximum absolute atomic E-state index is 4.19. The van der Waals surface area contributed by atoms with E-state index in [2.05, 4.69) is 34.4 Å². The second-order valence-electron chi connectivity index (χ2n) is 4.48. The lowest BCUT2D eigenvalue weighted by molar-refractivity contribution is 0.609. The minimum atomic E-state index is 0.503. The van der Waals surface area contributed by atoms with Crippen molar-refractivity contribution in [2.45, 2.75) is 26.7 Å². The Labute approximate surface area is 90.5 Å². The molecule has 0 atom stereocenters. The molecule has 1 aliphatic carbocycles. The summed E-state index contributed by atoms with van der Waals surface area (Å²) < 4.78 is 0. The normalized spacial score (nSPS) is 17.2. The Balaban J connectivity index is 1.92. The number of hydrogen-bond acceptors (Lipinski definition) is 4. The van der Waals surface area contributed by atoms with Crippen molar-refractivity contribution in [1.82, 2.24) is 9.97 Å². The maximum Gasteiger partial charge on any atom is 0.131 e.